The van der Waals surface area contributed by atoms with Gasteiger partial charge in [-0.25, -0.2) is 9.18 Å². The van der Waals surface area contributed by atoms with Gasteiger partial charge in [-0.3, -0.25) is 4.79 Å². The highest BCUT2D eigenvalue weighted by Crippen LogP contribution is 2.20. The molecule has 2 aromatic carbocycles. The zero-order valence-electron chi connectivity index (χ0n) is 11.8. The van der Waals surface area contributed by atoms with Crippen molar-refractivity contribution in [1.82, 2.24) is 4.57 Å². The molecule has 4 nitrogen and oxygen atoms in total. The number of carboxylic acids is 1. The van der Waals surface area contributed by atoms with Gasteiger partial charge in [0.15, 0.2) is 0 Å². The van der Waals surface area contributed by atoms with Crippen molar-refractivity contribution in [1.29, 1.82) is 0 Å². The molecular weight excluding hydrogens is 321 g/mol. The molecule has 0 spiro atoms. The summed E-state index contributed by atoms with van der Waals surface area (Å²) in [7, 11) is 0. The SMILES string of the molecule is O=C(O)c1cn(Cc2ccccc2Cl)c2ccc(F)cc2c1=O. The van der Waals surface area contributed by atoms with Gasteiger partial charge in [-0.05, 0) is 29.8 Å². The van der Waals surface area contributed by atoms with Crippen LogP contribution in [0, 0.1) is 5.82 Å². The summed E-state index contributed by atoms with van der Waals surface area (Å²) in [6.07, 6.45) is 1.26. The predicted octanol–water partition coefficient (Wildman–Crippen LogP) is 3.54. The molecule has 3 rings (SSSR count). The maximum absolute atomic E-state index is 13.5. The number of rotatable bonds is 3. The molecule has 0 amide bonds. The van der Waals surface area contributed by atoms with Crippen LogP contribution < -0.4 is 5.43 Å². The van der Waals surface area contributed by atoms with E-state index in [0.717, 1.165) is 11.6 Å². The number of hydrogen-bond acceptors (Lipinski definition) is 2. The zero-order chi connectivity index (χ0) is 16.6. The number of pyridine rings is 1. The molecule has 0 aliphatic heterocycles. The summed E-state index contributed by atoms with van der Waals surface area (Å²) in [4.78, 5) is 23.5. The lowest BCUT2D eigenvalue weighted by Gasteiger charge is -2.13. The number of carboxylic acid groups (broad SMARTS) is 1. The normalized spacial score (nSPS) is 10.9. The van der Waals surface area contributed by atoms with Crippen molar-refractivity contribution in [3.63, 3.8) is 0 Å². The van der Waals surface area contributed by atoms with Crippen LogP contribution in [-0.2, 0) is 6.54 Å². The lowest BCUT2D eigenvalue weighted by molar-refractivity contribution is 0.0695. The number of nitrogens with zero attached hydrogens (tertiary/aromatic N) is 1. The van der Waals surface area contributed by atoms with Crippen LogP contribution in [0.4, 0.5) is 4.39 Å². The van der Waals surface area contributed by atoms with E-state index in [9.17, 15) is 19.1 Å². The third-order valence-electron chi connectivity index (χ3n) is 3.57. The van der Waals surface area contributed by atoms with Crippen molar-refractivity contribution < 1.29 is 14.3 Å². The average molecular weight is 332 g/mol. The molecule has 3 aromatic rings. The van der Waals surface area contributed by atoms with Crippen LogP contribution in [-0.4, -0.2) is 15.6 Å². The molecule has 0 atom stereocenters. The third kappa shape index (κ3) is 2.83. The van der Waals surface area contributed by atoms with Gasteiger partial charge < -0.3 is 9.67 Å². The van der Waals surface area contributed by atoms with Gasteiger partial charge in [0.2, 0.25) is 5.43 Å². The van der Waals surface area contributed by atoms with E-state index in [1.807, 2.05) is 6.07 Å². The Morgan fingerprint density at radius 2 is 1.96 bits per heavy atom. The zero-order valence-corrected chi connectivity index (χ0v) is 12.5. The second-order valence-corrected chi connectivity index (χ2v) is 5.47. The van der Waals surface area contributed by atoms with E-state index < -0.39 is 22.8 Å². The monoisotopic (exact) mass is 331 g/mol. The molecule has 6 heteroatoms. The first-order chi connectivity index (χ1) is 11.0. The Kier molecular flexibility index (Phi) is 3.88. The van der Waals surface area contributed by atoms with Crippen LogP contribution in [0.1, 0.15) is 15.9 Å². The van der Waals surface area contributed by atoms with Crippen LogP contribution in [0.15, 0.2) is 53.5 Å². The first kappa shape index (κ1) is 15.2. The Morgan fingerprint density at radius 3 is 2.65 bits per heavy atom. The highest BCUT2D eigenvalue weighted by atomic mass is 35.5. The van der Waals surface area contributed by atoms with Crippen molar-refractivity contribution >= 4 is 28.5 Å². The molecule has 0 saturated carbocycles. The second kappa shape index (κ2) is 5.85. The number of fused-ring (bicyclic) bond motifs is 1. The topological polar surface area (TPSA) is 59.3 Å². The van der Waals surface area contributed by atoms with E-state index in [1.165, 1.54) is 18.3 Å². The number of halogens is 2. The van der Waals surface area contributed by atoms with Gasteiger partial charge in [0.25, 0.3) is 0 Å². The molecule has 0 aliphatic carbocycles. The minimum Gasteiger partial charge on any atom is -0.477 e. The fourth-order valence-corrected chi connectivity index (χ4v) is 2.66. The van der Waals surface area contributed by atoms with E-state index in [4.69, 9.17) is 11.6 Å². The van der Waals surface area contributed by atoms with Crippen molar-refractivity contribution in [2.24, 2.45) is 0 Å². The van der Waals surface area contributed by atoms with E-state index in [0.29, 0.717) is 10.5 Å². The van der Waals surface area contributed by atoms with Gasteiger partial charge in [0.05, 0.1) is 5.52 Å². The molecule has 23 heavy (non-hydrogen) atoms. The molecular formula is C17H11ClFNO3. The van der Waals surface area contributed by atoms with Crippen LogP contribution >= 0.6 is 11.6 Å². The van der Waals surface area contributed by atoms with Gasteiger partial charge in [-0.2, -0.15) is 0 Å². The molecule has 0 aliphatic rings. The van der Waals surface area contributed by atoms with Gasteiger partial charge in [-0.15, -0.1) is 0 Å². The van der Waals surface area contributed by atoms with Crippen molar-refractivity contribution in [2.75, 3.05) is 0 Å². The van der Waals surface area contributed by atoms with Crippen LogP contribution in [0.5, 0.6) is 0 Å². The molecule has 1 N–H and O–H groups in total. The molecule has 1 heterocycles. The second-order valence-electron chi connectivity index (χ2n) is 5.06. The van der Waals surface area contributed by atoms with Gasteiger partial charge >= 0.3 is 5.97 Å². The average Bonchev–Trinajstić information content (AvgIpc) is 2.52. The molecule has 0 bridgehead atoms. The van der Waals surface area contributed by atoms with Crippen LogP contribution in [0.2, 0.25) is 5.02 Å². The lowest BCUT2D eigenvalue weighted by atomic mass is 10.1. The summed E-state index contributed by atoms with van der Waals surface area (Å²) in [6, 6.07) is 10.8. The van der Waals surface area contributed by atoms with E-state index in [-0.39, 0.29) is 11.9 Å². The fraction of sp³-hybridized carbons (Fsp3) is 0.0588. The first-order valence-corrected chi connectivity index (χ1v) is 7.14. The Bertz CT molecular complexity index is 981. The first-order valence-electron chi connectivity index (χ1n) is 6.77. The molecule has 0 fully saturated rings. The molecule has 0 unspecified atom stereocenters. The summed E-state index contributed by atoms with van der Waals surface area (Å²) in [5.41, 5.74) is 0.0960. The minimum atomic E-state index is -1.35. The quantitative estimate of drug-likeness (QED) is 0.798. The highest BCUT2D eigenvalue weighted by Gasteiger charge is 2.15. The summed E-state index contributed by atoms with van der Waals surface area (Å²) < 4.78 is 15.0. The number of hydrogen-bond donors (Lipinski definition) is 1. The van der Waals surface area contributed by atoms with Crippen LogP contribution in [0.25, 0.3) is 10.9 Å². The lowest BCUT2D eigenvalue weighted by Crippen LogP contribution is -2.19. The number of benzene rings is 2. The molecule has 0 saturated heterocycles. The number of aromatic nitrogens is 1. The highest BCUT2D eigenvalue weighted by molar-refractivity contribution is 6.31. The summed E-state index contributed by atoms with van der Waals surface area (Å²) in [5, 5.41) is 9.76. The summed E-state index contributed by atoms with van der Waals surface area (Å²) in [5.74, 6) is -1.95. The number of carbonyl (C=O) groups is 1. The summed E-state index contributed by atoms with van der Waals surface area (Å²) >= 11 is 6.13. The number of aromatic carboxylic acids is 1. The summed E-state index contributed by atoms with van der Waals surface area (Å²) in [6.45, 7) is 0.266. The Hall–Kier alpha value is -2.66. The third-order valence-corrected chi connectivity index (χ3v) is 3.94. The van der Waals surface area contributed by atoms with Gasteiger partial charge in [0, 0.05) is 23.2 Å². The molecule has 1 aromatic heterocycles. The largest absolute Gasteiger partial charge is 0.477 e. The fourth-order valence-electron chi connectivity index (χ4n) is 2.46. The van der Waals surface area contributed by atoms with Crippen molar-refractivity contribution in [3.05, 3.63) is 80.9 Å². The maximum Gasteiger partial charge on any atom is 0.341 e. The smallest absolute Gasteiger partial charge is 0.341 e. The van der Waals surface area contributed by atoms with Crippen molar-refractivity contribution in [2.45, 2.75) is 6.54 Å². The van der Waals surface area contributed by atoms with E-state index in [2.05, 4.69) is 0 Å². The Labute approximate surface area is 135 Å². The Balaban J connectivity index is 2.27. The van der Waals surface area contributed by atoms with Gasteiger partial charge in [0.1, 0.15) is 11.4 Å². The molecule has 116 valence electrons. The maximum atomic E-state index is 13.5. The predicted molar refractivity (Wildman–Crippen MR) is 85.7 cm³/mol. The minimum absolute atomic E-state index is 0.0250. The molecule has 0 radical (unpaired) electrons. The van der Waals surface area contributed by atoms with Crippen molar-refractivity contribution in [3.8, 4) is 0 Å². The van der Waals surface area contributed by atoms with E-state index >= 15 is 0 Å². The van der Waals surface area contributed by atoms with Gasteiger partial charge in [-0.1, -0.05) is 29.8 Å². The Morgan fingerprint density at radius 1 is 1.22 bits per heavy atom. The standard InChI is InChI=1S/C17H11ClFNO3/c18-14-4-2-1-3-10(14)8-20-9-13(17(22)23)16(21)12-7-11(19)5-6-15(12)20/h1-7,9H,8H2,(H,22,23). The van der Waals surface area contributed by atoms with Crippen LogP contribution in [0.3, 0.4) is 0 Å². The van der Waals surface area contributed by atoms with E-state index in [1.54, 1.807) is 22.8 Å².